The van der Waals surface area contributed by atoms with E-state index in [0.29, 0.717) is 29.4 Å². The first-order valence-corrected chi connectivity index (χ1v) is 10.0. The Morgan fingerprint density at radius 2 is 1.70 bits per heavy atom. The molecule has 0 bridgehead atoms. The summed E-state index contributed by atoms with van der Waals surface area (Å²) in [4.78, 5) is 26.7. The number of hydrogen-bond donors (Lipinski definition) is 2. The van der Waals surface area contributed by atoms with Gasteiger partial charge in [0.2, 0.25) is 0 Å². The summed E-state index contributed by atoms with van der Waals surface area (Å²) in [6.45, 7) is 6.34. The summed E-state index contributed by atoms with van der Waals surface area (Å²) in [6, 6.07) is 13.4. The molecule has 1 saturated heterocycles. The number of carbonyl (C=O) groups is 2. The molecule has 1 amide bonds. The summed E-state index contributed by atoms with van der Waals surface area (Å²) in [7, 11) is 0. The van der Waals surface area contributed by atoms with Gasteiger partial charge in [0.1, 0.15) is 11.5 Å². The molecule has 2 aromatic carbocycles. The number of amides is 1. The number of aryl methyl sites for hydroxylation is 1. The predicted molar refractivity (Wildman–Crippen MR) is 114 cm³/mol. The van der Waals surface area contributed by atoms with Gasteiger partial charge in [0.15, 0.2) is 0 Å². The number of hydrogen-bond acceptors (Lipinski definition) is 5. The number of aliphatic hydroxyl groups excluding tert-OH is 2. The molecule has 1 unspecified atom stereocenters. The van der Waals surface area contributed by atoms with E-state index in [9.17, 15) is 19.8 Å². The molecule has 0 aliphatic carbocycles. The Morgan fingerprint density at radius 1 is 1.07 bits per heavy atom. The highest BCUT2D eigenvalue weighted by atomic mass is 16.5. The predicted octanol–water partition coefficient (Wildman–Crippen LogP) is 3.44. The van der Waals surface area contributed by atoms with Crippen molar-refractivity contribution in [2.75, 3.05) is 19.8 Å². The van der Waals surface area contributed by atoms with Crippen LogP contribution in [0.15, 0.2) is 54.1 Å². The van der Waals surface area contributed by atoms with E-state index in [1.54, 1.807) is 24.3 Å². The number of ether oxygens (including phenoxy) is 1. The van der Waals surface area contributed by atoms with Crippen molar-refractivity contribution in [1.29, 1.82) is 0 Å². The molecule has 6 heteroatoms. The SMILES string of the molecule is Cc1ccc(C2C(=C(O)c3ccc(OCC(C)C)cc3)C(=O)C(=O)N2CCO)cc1. The molecule has 30 heavy (non-hydrogen) atoms. The van der Waals surface area contributed by atoms with Gasteiger partial charge in [0, 0.05) is 12.1 Å². The van der Waals surface area contributed by atoms with Gasteiger partial charge in [-0.1, -0.05) is 43.7 Å². The number of likely N-dealkylation sites (tertiary alicyclic amines) is 1. The van der Waals surface area contributed by atoms with Crippen molar-refractivity contribution in [3.05, 3.63) is 70.8 Å². The van der Waals surface area contributed by atoms with Crippen LogP contribution in [0.25, 0.3) is 5.76 Å². The van der Waals surface area contributed by atoms with E-state index in [0.717, 1.165) is 5.56 Å². The topological polar surface area (TPSA) is 87.1 Å². The molecule has 1 fully saturated rings. The normalized spacial score (nSPS) is 18.3. The summed E-state index contributed by atoms with van der Waals surface area (Å²) < 4.78 is 5.66. The van der Waals surface area contributed by atoms with Gasteiger partial charge in [0.25, 0.3) is 11.7 Å². The number of β-amino-alcohol motifs (C(OH)–C–C–N with tert-alkyl or cyclic N) is 1. The molecule has 0 spiro atoms. The Labute approximate surface area is 176 Å². The zero-order valence-electron chi connectivity index (χ0n) is 17.5. The van der Waals surface area contributed by atoms with E-state index < -0.39 is 17.7 Å². The van der Waals surface area contributed by atoms with Crippen molar-refractivity contribution in [1.82, 2.24) is 4.90 Å². The van der Waals surface area contributed by atoms with Crippen LogP contribution in [0.4, 0.5) is 0 Å². The number of ketones is 1. The number of benzene rings is 2. The minimum atomic E-state index is -0.758. The molecule has 3 rings (SSSR count). The minimum absolute atomic E-state index is 0.00186. The Bertz CT molecular complexity index is 945. The highest BCUT2D eigenvalue weighted by molar-refractivity contribution is 6.46. The average molecular weight is 409 g/mol. The van der Waals surface area contributed by atoms with Crippen molar-refractivity contribution in [3.8, 4) is 5.75 Å². The van der Waals surface area contributed by atoms with Gasteiger partial charge in [-0.25, -0.2) is 0 Å². The first-order valence-electron chi connectivity index (χ1n) is 10.0. The van der Waals surface area contributed by atoms with Crippen molar-refractivity contribution < 1.29 is 24.5 Å². The number of rotatable bonds is 7. The molecule has 1 atom stereocenters. The minimum Gasteiger partial charge on any atom is -0.507 e. The van der Waals surface area contributed by atoms with E-state index >= 15 is 0 Å². The maximum atomic E-state index is 12.8. The Kier molecular flexibility index (Phi) is 6.57. The third-order valence-electron chi connectivity index (χ3n) is 4.99. The molecule has 2 N–H and O–H groups in total. The smallest absolute Gasteiger partial charge is 0.295 e. The number of aliphatic hydroxyl groups is 2. The molecule has 2 aromatic rings. The fraction of sp³-hybridized carbons (Fsp3) is 0.333. The second-order valence-electron chi connectivity index (χ2n) is 7.86. The molecular weight excluding hydrogens is 382 g/mol. The molecule has 1 aliphatic heterocycles. The largest absolute Gasteiger partial charge is 0.507 e. The van der Waals surface area contributed by atoms with Gasteiger partial charge in [-0.3, -0.25) is 9.59 Å². The molecular formula is C24H27NO5. The fourth-order valence-electron chi connectivity index (χ4n) is 3.44. The van der Waals surface area contributed by atoms with Gasteiger partial charge < -0.3 is 19.8 Å². The third kappa shape index (κ3) is 4.39. The second kappa shape index (κ2) is 9.13. The first kappa shape index (κ1) is 21.6. The van der Waals surface area contributed by atoms with E-state index in [-0.39, 0.29) is 24.5 Å². The van der Waals surface area contributed by atoms with Crippen molar-refractivity contribution in [2.24, 2.45) is 5.92 Å². The summed E-state index contributed by atoms with van der Waals surface area (Å²) in [5.41, 5.74) is 2.18. The van der Waals surface area contributed by atoms with Crippen molar-refractivity contribution in [3.63, 3.8) is 0 Å². The van der Waals surface area contributed by atoms with Gasteiger partial charge in [0.05, 0.1) is 24.8 Å². The van der Waals surface area contributed by atoms with Gasteiger partial charge in [-0.05, 0) is 42.7 Å². The molecule has 158 valence electrons. The van der Waals surface area contributed by atoms with Crippen LogP contribution in [-0.2, 0) is 9.59 Å². The number of nitrogens with zero attached hydrogens (tertiary/aromatic N) is 1. The Balaban J connectivity index is 2.02. The van der Waals surface area contributed by atoms with Crippen LogP contribution >= 0.6 is 0 Å². The van der Waals surface area contributed by atoms with E-state index in [1.807, 2.05) is 31.2 Å². The zero-order chi connectivity index (χ0) is 21.8. The number of Topliss-reactive ketones (excluding diaryl/α,β-unsaturated/α-hetero) is 1. The summed E-state index contributed by atoms with van der Waals surface area (Å²) in [6.07, 6.45) is 0. The van der Waals surface area contributed by atoms with Crippen LogP contribution in [0, 0.1) is 12.8 Å². The van der Waals surface area contributed by atoms with E-state index in [1.165, 1.54) is 4.90 Å². The second-order valence-corrected chi connectivity index (χ2v) is 7.86. The fourth-order valence-corrected chi connectivity index (χ4v) is 3.44. The monoisotopic (exact) mass is 409 g/mol. The van der Waals surface area contributed by atoms with Crippen LogP contribution < -0.4 is 4.74 Å². The molecule has 6 nitrogen and oxygen atoms in total. The van der Waals surface area contributed by atoms with Crippen LogP contribution in [0.3, 0.4) is 0 Å². The van der Waals surface area contributed by atoms with Crippen molar-refractivity contribution >= 4 is 17.4 Å². The standard InChI is InChI=1S/C24H27NO5/c1-15(2)14-30-19-10-8-18(9-11-19)22(27)20-21(17-6-4-16(3)5-7-17)25(12-13-26)24(29)23(20)28/h4-11,15,21,26-27H,12-14H2,1-3H3. The van der Waals surface area contributed by atoms with E-state index in [4.69, 9.17) is 4.74 Å². The van der Waals surface area contributed by atoms with Crippen LogP contribution in [0.2, 0.25) is 0 Å². The summed E-state index contributed by atoms with van der Waals surface area (Å²) >= 11 is 0. The van der Waals surface area contributed by atoms with Gasteiger partial charge in [-0.2, -0.15) is 0 Å². The molecule has 0 aromatic heterocycles. The Morgan fingerprint density at radius 3 is 2.27 bits per heavy atom. The average Bonchev–Trinajstić information content (AvgIpc) is 2.98. The maximum absolute atomic E-state index is 12.8. The molecule has 1 aliphatic rings. The third-order valence-corrected chi connectivity index (χ3v) is 4.99. The van der Waals surface area contributed by atoms with Gasteiger partial charge >= 0.3 is 0 Å². The highest BCUT2D eigenvalue weighted by Crippen LogP contribution is 2.39. The molecule has 0 radical (unpaired) electrons. The van der Waals surface area contributed by atoms with E-state index in [2.05, 4.69) is 13.8 Å². The maximum Gasteiger partial charge on any atom is 0.295 e. The van der Waals surface area contributed by atoms with Crippen LogP contribution in [0.5, 0.6) is 5.75 Å². The Hall–Kier alpha value is -3.12. The quantitative estimate of drug-likeness (QED) is 0.416. The number of carbonyl (C=O) groups excluding carboxylic acids is 2. The summed E-state index contributed by atoms with van der Waals surface area (Å²) in [5.74, 6) is -0.680. The summed E-state index contributed by atoms with van der Waals surface area (Å²) in [5, 5.41) is 20.4. The lowest BCUT2D eigenvalue weighted by Gasteiger charge is -2.24. The first-order chi connectivity index (χ1) is 14.3. The lowest BCUT2D eigenvalue weighted by Crippen LogP contribution is -2.32. The van der Waals surface area contributed by atoms with Crippen LogP contribution in [0.1, 0.15) is 36.6 Å². The van der Waals surface area contributed by atoms with Crippen LogP contribution in [-0.4, -0.2) is 46.6 Å². The zero-order valence-corrected chi connectivity index (χ0v) is 17.5. The van der Waals surface area contributed by atoms with Gasteiger partial charge in [-0.15, -0.1) is 0 Å². The molecule has 1 heterocycles. The lowest BCUT2D eigenvalue weighted by molar-refractivity contribution is -0.140. The lowest BCUT2D eigenvalue weighted by atomic mass is 9.94. The van der Waals surface area contributed by atoms with Crippen molar-refractivity contribution in [2.45, 2.75) is 26.8 Å². The highest BCUT2D eigenvalue weighted by Gasteiger charge is 2.45. The molecule has 0 saturated carbocycles.